The van der Waals surface area contributed by atoms with Crippen LogP contribution in [0, 0.1) is 5.92 Å². The monoisotopic (exact) mass is 473 g/mol. The molecule has 1 aliphatic carbocycles. The minimum absolute atomic E-state index is 0.135. The molecule has 4 N–H and O–H groups in total. The molecule has 4 atom stereocenters. The summed E-state index contributed by atoms with van der Waals surface area (Å²) in [5, 5.41) is 14.5. The quantitative estimate of drug-likeness (QED) is 0.420. The second kappa shape index (κ2) is 10.3. The summed E-state index contributed by atoms with van der Waals surface area (Å²) in [4.78, 5) is 33.0. The Kier molecular flexibility index (Phi) is 6.76. The number of piperidine rings is 1. The Morgan fingerprint density at radius 2 is 2.23 bits per heavy atom. The van der Waals surface area contributed by atoms with Crippen LogP contribution in [0.1, 0.15) is 37.9 Å². The van der Waals surface area contributed by atoms with Gasteiger partial charge in [-0.2, -0.15) is 5.10 Å². The first-order valence-electron chi connectivity index (χ1n) is 12.2. The van der Waals surface area contributed by atoms with Gasteiger partial charge in [0.25, 0.3) is 0 Å². The molecule has 0 aromatic carbocycles. The molecule has 35 heavy (non-hydrogen) atoms. The van der Waals surface area contributed by atoms with Crippen molar-refractivity contribution in [3.05, 3.63) is 72.5 Å². The van der Waals surface area contributed by atoms with Crippen molar-refractivity contribution in [2.45, 2.75) is 50.9 Å². The van der Waals surface area contributed by atoms with Gasteiger partial charge in [0.15, 0.2) is 0 Å². The summed E-state index contributed by atoms with van der Waals surface area (Å²) in [6, 6.07) is 5.06. The van der Waals surface area contributed by atoms with E-state index >= 15 is 0 Å². The van der Waals surface area contributed by atoms with Crippen molar-refractivity contribution < 1.29 is 9.59 Å². The number of fused-ring (bicyclic) bond motifs is 1. The van der Waals surface area contributed by atoms with Crippen LogP contribution in [0.4, 0.5) is 0 Å². The van der Waals surface area contributed by atoms with Crippen molar-refractivity contribution in [1.82, 2.24) is 35.7 Å². The number of aromatic amines is 1. The zero-order valence-electron chi connectivity index (χ0n) is 19.8. The van der Waals surface area contributed by atoms with Crippen molar-refractivity contribution in [2.75, 3.05) is 6.54 Å². The molecule has 5 rings (SSSR count). The van der Waals surface area contributed by atoms with Gasteiger partial charge < -0.3 is 20.9 Å². The topological polar surface area (TPSA) is 117 Å². The highest BCUT2D eigenvalue weighted by atomic mass is 16.2. The standard InChI is InChI=1S/C26H31N7O2/c1-17(25(34)29-16-21-12-20-15-27-9-7-23(20)32-21)31-26(35)24-14-19(6-10-28-24)18-4-2-5-22(13-18)33-11-3-8-30-33/h2-5,7-9,11-12,15,17,19,22,24,28,32H,6,10,13-14,16H2,1H3,(H,29,34)(H,31,35)/t17-,19-,22?,24+/m0/s1. The lowest BCUT2D eigenvalue weighted by atomic mass is 9.81. The lowest BCUT2D eigenvalue weighted by Gasteiger charge is -2.33. The molecule has 2 amide bonds. The Morgan fingerprint density at radius 3 is 3.06 bits per heavy atom. The number of nitrogens with zero attached hydrogens (tertiary/aromatic N) is 3. The van der Waals surface area contributed by atoms with Crippen molar-refractivity contribution in [3.63, 3.8) is 0 Å². The normalized spacial score (nSPS) is 23.0. The SMILES string of the molecule is C[C@H](NC(=O)[C@H]1C[C@@H](C2=CC=CC(n3cccn3)C2)CCN1)C(=O)NCc1cc2cnccc2[nH]1. The van der Waals surface area contributed by atoms with Gasteiger partial charge in [0.05, 0.1) is 18.6 Å². The third kappa shape index (κ3) is 5.35. The zero-order valence-corrected chi connectivity index (χ0v) is 19.8. The van der Waals surface area contributed by atoms with Gasteiger partial charge in [-0.15, -0.1) is 0 Å². The Hall–Kier alpha value is -3.72. The van der Waals surface area contributed by atoms with Crippen molar-refractivity contribution in [1.29, 1.82) is 0 Å². The van der Waals surface area contributed by atoms with Crippen molar-refractivity contribution in [3.8, 4) is 0 Å². The van der Waals surface area contributed by atoms with E-state index in [1.807, 2.05) is 29.1 Å². The van der Waals surface area contributed by atoms with E-state index in [9.17, 15) is 9.59 Å². The van der Waals surface area contributed by atoms with Gasteiger partial charge in [-0.25, -0.2) is 0 Å². The van der Waals surface area contributed by atoms with E-state index in [2.05, 4.69) is 49.2 Å². The summed E-state index contributed by atoms with van der Waals surface area (Å²) >= 11 is 0. The van der Waals surface area contributed by atoms with Crippen LogP contribution in [0.2, 0.25) is 0 Å². The molecular formula is C26H31N7O2. The zero-order chi connectivity index (χ0) is 24.2. The van der Waals surface area contributed by atoms with Crippen LogP contribution in [-0.4, -0.2) is 50.2 Å². The van der Waals surface area contributed by atoms with E-state index in [-0.39, 0.29) is 23.9 Å². The molecule has 0 spiro atoms. The molecule has 9 heteroatoms. The number of nitrogens with one attached hydrogen (secondary N) is 4. The van der Waals surface area contributed by atoms with E-state index < -0.39 is 6.04 Å². The van der Waals surface area contributed by atoms with Crippen LogP contribution >= 0.6 is 0 Å². The van der Waals surface area contributed by atoms with Crippen LogP contribution in [0.25, 0.3) is 10.9 Å². The largest absolute Gasteiger partial charge is 0.357 e. The number of carbonyl (C=O) groups excluding carboxylic acids is 2. The number of rotatable bonds is 7. The Morgan fingerprint density at radius 1 is 1.31 bits per heavy atom. The van der Waals surface area contributed by atoms with Crippen LogP contribution in [-0.2, 0) is 16.1 Å². The van der Waals surface area contributed by atoms with Gasteiger partial charge in [-0.05, 0) is 56.8 Å². The average molecular weight is 474 g/mol. The van der Waals surface area contributed by atoms with E-state index in [0.29, 0.717) is 12.5 Å². The van der Waals surface area contributed by atoms with Gasteiger partial charge >= 0.3 is 0 Å². The molecule has 2 aliphatic rings. The van der Waals surface area contributed by atoms with Crippen LogP contribution in [0.15, 0.2) is 66.8 Å². The van der Waals surface area contributed by atoms with Gasteiger partial charge in [0.2, 0.25) is 11.8 Å². The molecule has 1 aliphatic heterocycles. The molecule has 1 saturated heterocycles. The number of carbonyl (C=O) groups is 2. The minimum Gasteiger partial charge on any atom is -0.357 e. The fourth-order valence-electron chi connectivity index (χ4n) is 4.94. The summed E-state index contributed by atoms with van der Waals surface area (Å²) in [5.41, 5.74) is 3.22. The maximum Gasteiger partial charge on any atom is 0.242 e. The number of pyridine rings is 1. The predicted molar refractivity (Wildman–Crippen MR) is 133 cm³/mol. The highest BCUT2D eigenvalue weighted by molar-refractivity contribution is 5.89. The maximum atomic E-state index is 13.0. The van der Waals surface area contributed by atoms with Gasteiger partial charge in [0.1, 0.15) is 6.04 Å². The number of H-pyrrole nitrogens is 1. The van der Waals surface area contributed by atoms with E-state index in [4.69, 9.17) is 0 Å². The summed E-state index contributed by atoms with van der Waals surface area (Å²) in [7, 11) is 0. The number of aromatic nitrogens is 4. The van der Waals surface area contributed by atoms with Gasteiger partial charge in [-0.3, -0.25) is 19.3 Å². The summed E-state index contributed by atoms with van der Waals surface area (Å²) in [6.07, 6.45) is 16.3. The smallest absolute Gasteiger partial charge is 0.242 e. The highest BCUT2D eigenvalue weighted by Crippen LogP contribution is 2.33. The summed E-state index contributed by atoms with van der Waals surface area (Å²) in [5.74, 6) is -0.0232. The minimum atomic E-state index is -0.628. The Labute approximate surface area is 204 Å². The van der Waals surface area contributed by atoms with Crippen LogP contribution in [0.3, 0.4) is 0 Å². The highest BCUT2D eigenvalue weighted by Gasteiger charge is 2.31. The number of hydrogen-bond donors (Lipinski definition) is 4. The summed E-state index contributed by atoms with van der Waals surface area (Å²) < 4.78 is 1.97. The molecular weight excluding hydrogens is 442 g/mol. The van der Waals surface area contributed by atoms with Crippen molar-refractivity contribution >= 4 is 22.7 Å². The second-order valence-electron chi connectivity index (χ2n) is 9.32. The molecule has 0 radical (unpaired) electrons. The summed E-state index contributed by atoms with van der Waals surface area (Å²) in [6.45, 7) is 2.84. The van der Waals surface area contributed by atoms with Crippen molar-refractivity contribution in [2.24, 2.45) is 5.92 Å². The maximum absolute atomic E-state index is 13.0. The van der Waals surface area contributed by atoms with Crippen LogP contribution < -0.4 is 16.0 Å². The third-order valence-corrected chi connectivity index (χ3v) is 6.88. The van der Waals surface area contributed by atoms with Gasteiger partial charge in [0, 0.05) is 41.4 Å². The predicted octanol–water partition coefficient (Wildman–Crippen LogP) is 2.38. The fourth-order valence-corrected chi connectivity index (χ4v) is 4.94. The van der Waals surface area contributed by atoms with E-state index in [1.54, 1.807) is 25.5 Å². The Bertz CT molecular complexity index is 1210. The number of hydrogen-bond acceptors (Lipinski definition) is 5. The molecule has 9 nitrogen and oxygen atoms in total. The van der Waals surface area contributed by atoms with Crippen LogP contribution in [0.5, 0.6) is 0 Å². The fraction of sp³-hybridized carbons (Fsp3) is 0.385. The van der Waals surface area contributed by atoms with Gasteiger partial charge in [-0.1, -0.05) is 23.8 Å². The molecule has 0 bridgehead atoms. The third-order valence-electron chi connectivity index (χ3n) is 6.88. The Balaban J connectivity index is 1.12. The molecule has 182 valence electrons. The second-order valence-corrected chi connectivity index (χ2v) is 9.32. The first-order valence-corrected chi connectivity index (χ1v) is 12.2. The lowest BCUT2D eigenvalue weighted by molar-refractivity contribution is -0.130. The average Bonchev–Trinajstić information content (AvgIpc) is 3.57. The first kappa shape index (κ1) is 23.0. The first-order chi connectivity index (χ1) is 17.1. The number of allylic oxidation sites excluding steroid dienone is 4. The molecule has 1 fully saturated rings. The molecule has 3 aromatic rings. The number of amides is 2. The molecule has 3 aromatic heterocycles. The molecule has 0 saturated carbocycles. The lowest BCUT2D eigenvalue weighted by Crippen LogP contribution is -2.53. The van der Waals surface area contributed by atoms with E-state index in [1.165, 1.54) is 5.57 Å². The molecule has 1 unspecified atom stereocenters. The van der Waals surface area contributed by atoms with E-state index in [0.717, 1.165) is 42.4 Å². The molecule has 4 heterocycles.